The topological polar surface area (TPSA) is 60.4 Å². The Labute approximate surface area is 83.0 Å². The fraction of sp³-hybridized carbons (Fsp3) is 0.857. The lowest BCUT2D eigenvalue weighted by Gasteiger charge is -2.22. The van der Waals surface area contributed by atoms with Crippen molar-refractivity contribution in [2.45, 2.75) is 17.9 Å². The Balaban J connectivity index is 4.96. The Bertz CT molecular complexity index is 283. The highest BCUT2D eigenvalue weighted by atomic mass is 32.3. The maximum Gasteiger partial charge on any atom is 0.337 e. The zero-order chi connectivity index (χ0) is 10.7. The van der Waals surface area contributed by atoms with Gasteiger partial charge in [0.15, 0.2) is 9.84 Å². The van der Waals surface area contributed by atoms with E-state index in [1.807, 2.05) is 0 Å². The van der Waals surface area contributed by atoms with Crippen molar-refractivity contribution in [2.24, 2.45) is 0 Å². The maximum atomic E-state index is 11.3. The number of carbonyl (C=O) groups excluding carboxylic acids is 1. The van der Waals surface area contributed by atoms with Gasteiger partial charge >= 0.3 is 5.97 Å². The lowest BCUT2D eigenvalue weighted by Crippen LogP contribution is -2.40. The molecule has 1 atom stereocenters. The van der Waals surface area contributed by atoms with Crippen LogP contribution in [-0.4, -0.2) is 37.6 Å². The second-order valence-electron chi connectivity index (χ2n) is 2.64. The van der Waals surface area contributed by atoms with E-state index < -0.39 is 19.9 Å². The summed E-state index contributed by atoms with van der Waals surface area (Å²) in [4.78, 5) is 11.3. The third kappa shape index (κ3) is 2.60. The van der Waals surface area contributed by atoms with Gasteiger partial charge in [0.2, 0.25) is 4.08 Å². The molecule has 0 bridgehead atoms. The second-order valence-corrected chi connectivity index (χ2v) is 6.49. The van der Waals surface area contributed by atoms with Crippen molar-refractivity contribution in [3.05, 3.63) is 0 Å². The van der Waals surface area contributed by atoms with Crippen molar-refractivity contribution in [2.75, 3.05) is 19.1 Å². The summed E-state index contributed by atoms with van der Waals surface area (Å²) < 4.78 is 25.8. The molecule has 0 heterocycles. The highest BCUT2D eigenvalue weighted by molar-refractivity contribution is 8.15. The van der Waals surface area contributed by atoms with Crippen molar-refractivity contribution in [3.8, 4) is 0 Å². The van der Waals surface area contributed by atoms with Gasteiger partial charge < -0.3 is 4.74 Å². The van der Waals surface area contributed by atoms with E-state index in [0.29, 0.717) is 0 Å². The molecule has 0 fully saturated rings. The van der Waals surface area contributed by atoms with Crippen molar-refractivity contribution in [3.63, 3.8) is 0 Å². The summed E-state index contributed by atoms with van der Waals surface area (Å²) in [7, 11) is -3.45. The molecule has 0 rings (SSSR count). The number of ether oxygens (including phenoxy) is 1. The molecule has 0 aliphatic carbocycles. The summed E-state index contributed by atoms with van der Waals surface area (Å²) in [5, 5.41) is 0. The molecule has 0 aromatic carbocycles. The van der Waals surface area contributed by atoms with Gasteiger partial charge in [-0.25, -0.2) is 13.2 Å². The SMILES string of the molecule is CCOC(=O)C(C)(SC)S(C)(=O)=O. The molecule has 0 radical (unpaired) electrons. The molecular formula is C7H14O4S2. The number of hydrogen-bond donors (Lipinski definition) is 0. The van der Waals surface area contributed by atoms with Crippen LogP contribution in [0.1, 0.15) is 13.8 Å². The molecule has 0 aromatic rings. The predicted octanol–water partition coefficient (Wildman–Crippen LogP) is 0.673. The van der Waals surface area contributed by atoms with Crippen LogP contribution in [0.5, 0.6) is 0 Å². The van der Waals surface area contributed by atoms with Crippen LogP contribution in [-0.2, 0) is 19.4 Å². The van der Waals surface area contributed by atoms with Crippen molar-refractivity contribution in [1.29, 1.82) is 0 Å². The average molecular weight is 226 g/mol. The Morgan fingerprint density at radius 1 is 1.54 bits per heavy atom. The fourth-order valence-electron chi connectivity index (χ4n) is 0.648. The van der Waals surface area contributed by atoms with Crippen LogP contribution in [0.2, 0.25) is 0 Å². The summed E-state index contributed by atoms with van der Waals surface area (Å²) in [6.45, 7) is 3.18. The molecule has 0 amide bonds. The number of rotatable bonds is 4. The Morgan fingerprint density at radius 2 is 2.00 bits per heavy atom. The number of sulfone groups is 1. The fourth-order valence-corrected chi connectivity index (χ4v) is 2.45. The van der Waals surface area contributed by atoms with Gasteiger partial charge in [-0.05, 0) is 20.1 Å². The highest BCUT2D eigenvalue weighted by Gasteiger charge is 2.44. The van der Waals surface area contributed by atoms with Crippen LogP contribution < -0.4 is 0 Å². The minimum atomic E-state index is -3.45. The molecule has 78 valence electrons. The summed E-state index contributed by atoms with van der Waals surface area (Å²) in [6.07, 6.45) is 2.60. The van der Waals surface area contributed by atoms with E-state index >= 15 is 0 Å². The Hall–Kier alpha value is -0.230. The molecule has 0 spiro atoms. The largest absolute Gasteiger partial charge is 0.464 e. The van der Waals surface area contributed by atoms with E-state index in [1.165, 1.54) is 6.92 Å². The highest BCUT2D eigenvalue weighted by Crippen LogP contribution is 2.29. The molecule has 0 saturated carbocycles. The maximum absolute atomic E-state index is 11.3. The minimum absolute atomic E-state index is 0.185. The molecule has 0 aliphatic heterocycles. The third-order valence-corrected chi connectivity index (χ3v) is 5.68. The van der Waals surface area contributed by atoms with Gasteiger partial charge in [0, 0.05) is 6.26 Å². The number of hydrogen-bond acceptors (Lipinski definition) is 5. The Morgan fingerprint density at radius 3 is 2.23 bits per heavy atom. The molecule has 0 saturated heterocycles. The quantitative estimate of drug-likeness (QED) is 0.659. The first kappa shape index (κ1) is 12.8. The van der Waals surface area contributed by atoms with Gasteiger partial charge in [0.1, 0.15) is 0 Å². The predicted molar refractivity (Wildman–Crippen MR) is 53.4 cm³/mol. The van der Waals surface area contributed by atoms with E-state index in [4.69, 9.17) is 0 Å². The molecule has 6 heteroatoms. The standard InChI is InChI=1S/C7H14O4S2/c1-5-11-6(8)7(2,12-3)13(4,9)10/h5H2,1-4H3. The van der Waals surface area contributed by atoms with Crippen molar-refractivity contribution in [1.82, 2.24) is 0 Å². The monoisotopic (exact) mass is 226 g/mol. The summed E-state index contributed by atoms with van der Waals surface area (Å²) in [6, 6.07) is 0. The first-order chi connectivity index (χ1) is 5.79. The zero-order valence-corrected chi connectivity index (χ0v) is 9.79. The van der Waals surface area contributed by atoms with Gasteiger partial charge in [0.05, 0.1) is 6.61 Å². The van der Waals surface area contributed by atoms with Crippen molar-refractivity contribution >= 4 is 27.6 Å². The first-order valence-electron chi connectivity index (χ1n) is 3.71. The van der Waals surface area contributed by atoms with Crippen molar-refractivity contribution < 1.29 is 17.9 Å². The lowest BCUT2D eigenvalue weighted by atomic mass is 10.5. The lowest BCUT2D eigenvalue weighted by molar-refractivity contribution is -0.143. The smallest absolute Gasteiger partial charge is 0.337 e. The molecular weight excluding hydrogens is 212 g/mol. The number of thioether (sulfide) groups is 1. The van der Waals surface area contributed by atoms with Gasteiger partial charge in [-0.3, -0.25) is 0 Å². The van der Waals surface area contributed by atoms with Crippen LogP contribution in [0.15, 0.2) is 0 Å². The normalized spacial score (nSPS) is 16.3. The Kier molecular flexibility index (Phi) is 4.25. The number of esters is 1. The summed E-state index contributed by atoms with van der Waals surface area (Å²) in [5.74, 6) is -0.704. The molecule has 0 N–H and O–H groups in total. The van der Waals surface area contributed by atoms with Gasteiger partial charge in [-0.2, -0.15) is 0 Å². The molecule has 4 nitrogen and oxygen atoms in total. The van der Waals surface area contributed by atoms with E-state index in [0.717, 1.165) is 18.0 Å². The van der Waals surface area contributed by atoms with Gasteiger partial charge in [-0.1, -0.05) is 0 Å². The number of carbonyl (C=O) groups is 1. The van der Waals surface area contributed by atoms with Gasteiger partial charge in [0.25, 0.3) is 0 Å². The van der Waals surface area contributed by atoms with Crippen LogP contribution in [0.3, 0.4) is 0 Å². The molecule has 0 aromatic heterocycles. The van der Waals surface area contributed by atoms with E-state index in [2.05, 4.69) is 4.74 Å². The third-order valence-electron chi connectivity index (χ3n) is 1.74. The minimum Gasteiger partial charge on any atom is -0.464 e. The van der Waals surface area contributed by atoms with Crippen LogP contribution in [0.25, 0.3) is 0 Å². The van der Waals surface area contributed by atoms with E-state index in [9.17, 15) is 13.2 Å². The summed E-state index contributed by atoms with van der Waals surface area (Å²) in [5.41, 5.74) is 0. The van der Waals surface area contributed by atoms with E-state index in [1.54, 1.807) is 13.2 Å². The van der Waals surface area contributed by atoms with Crippen LogP contribution in [0.4, 0.5) is 0 Å². The van der Waals surface area contributed by atoms with Crippen LogP contribution in [0, 0.1) is 0 Å². The van der Waals surface area contributed by atoms with Crippen LogP contribution >= 0.6 is 11.8 Å². The van der Waals surface area contributed by atoms with Gasteiger partial charge in [-0.15, -0.1) is 11.8 Å². The van der Waals surface area contributed by atoms with E-state index in [-0.39, 0.29) is 6.61 Å². The first-order valence-corrected chi connectivity index (χ1v) is 6.83. The molecule has 13 heavy (non-hydrogen) atoms. The molecule has 0 aliphatic rings. The summed E-state index contributed by atoms with van der Waals surface area (Å²) >= 11 is 0.965. The zero-order valence-electron chi connectivity index (χ0n) is 8.16. The average Bonchev–Trinajstić information content (AvgIpc) is 2.01. The molecule has 1 unspecified atom stereocenters. The second kappa shape index (κ2) is 4.32.